The molecule has 0 saturated carbocycles. The summed E-state index contributed by atoms with van der Waals surface area (Å²) in [4.78, 5) is 20.3. The van der Waals surface area contributed by atoms with Gasteiger partial charge in [-0.3, -0.25) is 4.79 Å². The van der Waals surface area contributed by atoms with E-state index in [2.05, 4.69) is 28.7 Å². The normalized spacial score (nSPS) is 20.0. The van der Waals surface area contributed by atoms with Crippen LogP contribution >= 0.6 is 0 Å². The third kappa shape index (κ3) is 2.60. The Labute approximate surface area is 101 Å². The Morgan fingerprint density at radius 2 is 2.18 bits per heavy atom. The van der Waals surface area contributed by atoms with Gasteiger partial charge in [0, 0.05) is 13.1 Å². The van der Waals surface area contributed by atoms with E-state index in [1.54, 1.807) is 0 Å². The van der Waals surface area contributed by atoms with Gasteiger partial charge in [0.25, 0.3) is 5.56 Å². The van der Waals surface area contributed by atoms with Crippen LogP contribution in [0.1, 0.15) is 33.1 Å². The molecule has 94 valence electrons. The molecule has 0 aliphatic carbocycles. The molecule has 5 nitrogen and oxygen atoms in total. The molecule has 1 aromatic rings. The molecule has 0 spiro atoms. The van der Waals surface area contributed by atoms with Crippen molar-refractivity contribution in [3.05, 3.63) is 16.7 Å². The third-order valence-corrected chi connectivity index (χ3v) is 3.51. The quantitative estimate of drug-likeness (QED) is 0.772. The SMILES string of the molecule is CC1(C)CCCN(c2nc[nH]c(=O)c2N)CC1. The molecule has 0 aromatic carbocycles. The molecule has 1 saturated heterocycles. The molecule has 2 heterocycles. The van der Waals surface area contributed by atoms with Crippen molar-refractivity contribution in [1.82, 2.24) is 9.97 Å². The largest absolute Gasteiger partial charge is 0.391 e. The van der Waals surface area contributed by atoms with E-state index in [0.29, 0.717) is 11.2 Å². The average Bonchev–Trinajstić information content (AvgIpc) is 2.44. The predicted octanol–water partition coefficient (Wildman–Crippen LogP) is 1.37. The van der Waals surface area contributed by atoms with Crippen LogP contribution in [0.25, 0.3) is 0 Å². The lowest BCUT2D eigenvalue weighted by Crippen LogP contribution is -2.29. The molecule has 2 rings (SSSR count). The van der Waals surface area contributed by atoms with E-state index in [0.717, 1.165) is 25.9 Å². The summed E-state index contributed by atoms with van der Waals surface area (Å²) >= 11 is 0. The minimum atomic E-state index is -0.251. The lowest BCUT2D eigenvalue weighted by atomic mass is 9.85. The fourth-order valence-electron chi connectivity index (χ4n) is 2.29. The summed E-state index contributed by atoms with van der Waals surface area (Å²) in [5.74, 6) is 0.631. The van der Waals surface area contributed by atoms with Crippen LogP contribution in [0, 0.1) is 5.41 Å². The molecule has 0 bridgehead atoms. The monoisotopic (exact) mass is 236 g/mol. The molecule has 0 radical (unpaired) electrons. The summed E-state index contributed by atoms with van der Waals surface area (Å²) in [5.41, 5.74) is 6.13. The van der Waals surface area contributed by atoms with Crippen LogP contribution in [0.15, 0.2) is 11.1 Å². The van der Waals surface area contributed by atoms with Gasteiger partial charge in [-0.15, -0.1) is 0 Å². The summed E-state index contributed by atoms with van der Waals surface area (Å²) in [7, 11) is 0. The van der Waals surface area contributed by atoms with Gasteiger partial charge >= 0.3 is 0 Å². The van der Waals surface area contributed by atoms with Crippen molar-refractivity contribution < 1.29 is 0 Å². The second-order valence-corrected chi connectivity index (χ2v) is 5.47. The topological polar surface area (TPSA) is 75.0 Å². The molecule has 5 heteroatoms. The lowest BCUT2D eigenvalue weighted by molar-refractivity contribution is 0.325. The Bertz CT molecular complexity index is 452. The third-order valence-electron chi connectivity index (χ3n) is 3.51. The number of H-pyrrole nitrogens is 1. The molecule has 1 fully saturated rings. The number of hydrogen-bond donors (Lipinski definition) is 2. The number of nitrogens with one attached hydrogen (secondary N) is 1. The molecule has 17 heavy (non-hydrogen) atoms. The maximum atomic E-state index is 11.4. The zero-order chi connectivity index (χ0) is 12.5. The van der Waals surface area contributed by atoms with Gasteiger partial charge in [0.2, 0.25) is 0 Å². The Morgan fingerprint density at radius 1 is 1.41 bits per heavy atom. The Morgan fingerprint density at radius 3 is 2.94 bits per heavy atom. The van der Waals surface area contributed by atoms with E-state index in [1.165, 1.54) is 12.7 Å². The van der Waals surface area contributed by atoms with E-state index in [4.69, 9.17) is 5.73 Å². The van der Waals surface area contributed by atoms with Crippen molar-refractivity contribution in [3.8, 4) is 0 Å². The highest BCUT2D eigenvalue weighted by atomic mass is 16.1. The summed E-state index contributed by atoms with van der Waals surface area (Å²) in [6.45, 7) is 6.40. The van der Waals surface area contributed by atoms with Crippen molar-refractivity contribution in [2.24, 2.45) is 5.41 Å². The Kier molecular flexibility index (Phi) is 3.09. The zero-order valence-electron chi connectivity index (χ0n) is 10.5. The highest BCUT2D eigenvalue weighted by Crippen LogP contribution is 2.31. The van der Waals surface area contributed by atoms with Gasteiger partial charge in [0.15, 0.2) is 5.82 Å². The van der Waals surface area contributed by atoms with Crippen LogP contribution in [0.4, 0.5) is 11.5 Å². The number of rotatable bonds is 1. The first-order chi connectivity index (χ1) is 7.99. The van der Waals surface area contributed by atoms with Crippen LogP contribution in [0.3, 0.4) is 0 Å². The molecule has 0 amide bonds. The fraction of sp³-hybridized carbons (Fsp3) is 0.667. The van der Waals surface area contributed by atoms with Gasteiger partial charge in [-0.05, 0) is 24.7 Å². The fourth-order valence-corrected chi connectivity index (χ4v) is 2.29. The maximum absolute atomic E-state index is 11.4. The highest BCUT2D eigenvalue weighted by Gasteiger charge is 2.24. The van der Waals surface area contributed by atoms with E-state index in [-0.39, 0.29) is 11.2 Å². The Balaban J connectivity index is 2.23. The standard InChI is InChI=1S/C12H20N4O/c1-12(2)4-3-6-16(7-5-12)10-9(13)11(17)15-8-14-10/h8H,3-7,13H2,1-2H3,(H,14,15,17). The summed E-state index contributed by atoms with van der Waals surface area (Å²) < 4.78 is 0. The van der Waals surface area contributed by atoms with E-state index in [1.807, 2.05) is 0 Å². The number of nitrogens with zero attached hydrogens (tertiary/aromatic N) is 2. The summed E-state index contributed by atoms with van der Waals surface area (Å²) in [5, 5.41) is 0. The summed E-state index contributed by atoms with van der Waals surface area (Å²) in [6.07, 6.45) is 4.83. The van der Waals surface area contributed by atoms with Crippen molar-refractivity contribution in [1.29, 1.82) is 0 Å². The second-order valence-electron chi connectivity index (χ2n) is 5.47. The molecule has 3 N–H and O–H groups in total. The molecule has 0 atom stereocenters. The second kappa shape index (κ2) is 4.39. The van der Waals surface area contributed by atoms with Gasteiger partial charge in [0.1, 0.15) is 5.69 Å². The van der Waals surface area contributed by atoms with Crippen molar-refractivity contribution in [2.75, 3.05) is 23.7 Å². The minimum absolute atomic E-state index is 0.229. The van der Waals surface area contributed by atoms with Crippen molar-refractivity contribution >= 4 is 11.5 Å². The summed E-state index contributed by atoms with van der Waals surface area (Å²) in [6, 6.07) is 0. The smallest absolute Gasteiger partial charge is 0.276 e. The number of nitrogens with two attached hydrogens (primary N) is 1. The van der Waals surface area contributed by atoms with E-state index >= 15 is 0 Å². The first kappa shape index (κ1) is 12.0. The molecule has 1 aliphatic rings. The molecular formula is C12H20N4O. The number of anilines is 2. The van der Waals surface area contributed by atoms with Crippen molar-refractivity contribution in [3.63, 3.8) is 0 Å². The average molecular weight is 236 g/mol. The van der Waals surface area contributed by atoms with Crippen LogP contribution in [-0.4, -0.2) is 23.1 Å². The van der Waals surface area contributed by atoms with Crippen molar-refractivity contribution in [2.45, 2.75) is 33.1 Å². The molecule has 1 aromatic heterocycles. The molecule has 1 aliphatic heterocycles. The van der Waals surface area contributed by atoms with Gasteiger partial charge in [-0.25, -0.2) is 4.98 Å². The van der Waals surface area contributed by atoms with Gasteiger partial charge < -0.3 is 15.6 Å². The Hall–Kier alpha value is -1.52. The van der Waals surface area contributed by atoms with Crippen LogP contribution in [0.5, 0.6) is 0 Å². The van der Waals surface area contributed by atoms with Gasteiger partial charge in [-0.2, -0.15) is 0 Å². The highest BCUT2D eigenvalue weighted by molar-refractivity contribution is 5.60. The minimum Gasteiger partial charge on any atom is -0.391 e. The number of hydrogen-bond acceptors (Lipinski definition) is 4. The van der Waals surface area contributed by atoms with E-state index in [9.17, 15) is 4.79 Å². The zero-order valence-corrected chi connectivity index (χ0v) is 10.5. The van der Waals surface area contributed by atoms with Crippen LogP contribution in [-0.2, 0) is 0 Å². The maximum Gasteiger partial charge on any atom is 0.276 e. The van der Waals surface area contributed by atoms with Crippen LogP contribution < -0.4 is 16.2 Å². The molecular weight excluding hydrogens is 216 g/mol. The number of aromatic nitrogens is 2. The predicted molar refractivity (Wildman–Crippen MR) is 69.1 cm³/mol. The molecule has 0 unspecified atom stereocenters. The van der Waals surface area contributed by atoms with Gasteiger partial charge in [-0.1, -0.05) is 13.8 Å². The van der Waals surface area contributed by atoms with Crippen LogP contribution in [0.2, 0.25) is 0 Å². The first-order valence-corrected chi connectivity index (χ1v) is 6.08. The van der Waals surface area contributed by atoms with E-state index < -0.39 is 0 Å². The van der Waals surface area contributed by atoms with Gasteiger partial charge in [0.05, 0.1) is 6.33 Å². The number of aromatic amines is 1. The first-order valence-electron chi connectivity index (χ1n) is 6.08. The number of nitrogen functional groups attached to an aromatic ring is 1. The lowest BCUT2D eigenvalue weighted by Gasteiger charge is -2.24.